The first kappa shape index (κ1) is 13.5. The molecule has 3 amide bonds. The number of aliphatic carboxylic acids is 1. The summed E-state index contributed by atoms with van der Waals surface area (Å²) in [4.78, 5) is 45.4. The van der Waals surface area contributed by atoms with Crippen molar-refractivity contribution in [3.05, 3.63) is 0 Å². The van der Waals surface area contributed by atoms with Crippen LogP contribution in [0.2, 0.25) is 0 Å². The van der Waals surface area contributed by atoms with Crippen LogP contribution >= 0.6 is 11.8 Å². The second-order valence-electron chi connectivity index (χ2n) is 3.50. The number of rotatable bonds is 4. The fourth-order valence-electron chi connectivity index (χ4n) is 1.33. The lowest BCUT2D eigenvalue weighted by Crippen LogP contribution is -2.59. The number of imide groups is 1. The predicted octanol–water partition coefficient (Wildman–Crippen LogP) is -1.32. The largest absolute Gasteiger partial charge is 0.481 e. The van der Waals surface area contributed by atoms with Crippen LogP contribution in [0.15, 0.2) is 0 Å². The summed E-state index contributed by atoms with van der Waals surface area (Å²) in [5.41, 5.74) is 0. The normalized spacial score (nSPS) is 20.1. The van der Waals surface area contributed by atoms with Gasteiger partial charge in [-0.15, -0.1) is 11.8 Å². The molecule has 1 heterocycles. The second-order valence-corrected chi connectivity index (χ2v) is 4.48. The van der Waals surface area contributed by atoms with Crippen LogP contribution in [0, 0.1) is 0 Å². The molecule has 1 fully saturated rings. The molecule has 7 nitrogen and oxygen atoms in total. The second kappa shape index (κ2) is 5.67. The molecule has 94 valence electrons. The van der Waals surface area contributed by atoms with E-state index in [1.54, 1.807) is 0 Å². The number of piperazine rings is 1. The number of carbonyl (C=O) groups excluding carboxylic acids is 3. The van der Waals surface area contributed by atoms with Gasteiger partial charge in [0.2, 0.25) is 17.7 Å². The topological polar surface area (TPSA) is 104 Å². The molecular formula is C9H12N2O5S. The zero-order chi connectivity index (χ0) is 13.0. The smallest absolute Gasteiger partial charge is 0.313 e. The summed E-state index contributed by atoms with van der Waals surface area (Å²) in [7, 11) is 0. The first-order chi connectivity index (χ1) is 7.91. The van der Waals surface area contributed by atoms with Crippen molar-refractivity contribution in [3.63, 3.8) is 0 Å². The van der Waals surface area contributed by atoms with Crippen molar-refractivity contribution in [2.45, 2.75) is 13.0 Å². The fourth-order valence-corrected chi connectivity index (χ4v) is 1.94. The van der Waals surface area contributed by atoms with E-state index in [1.807, 2.05) is 0 Å². The van der Waals surface area contributed by atoms with Gasteiger partial charge in [-0.25, -0.2) is 0 Å². The van der Waals surface area contributed by atoms with Gasteiger partial charge in [0.05, 0.1) is 11.5 Å². The molecule has 8 heteroatoms. The Morgan fingerprint density at radius 2 is 2.12 bits per heavy atom. The number of amides is 3. The Kier molecular flexibility index (Phi) is 4.50. The molecule has 1 atom stereocenters. The van der Waals surface area contributed by atoms with E-state index in [4.69, 9.17) is 5.11 Å². The Morgan fingerprint density at radius 1 is 1.47 bits per heavy atom. The van der Waals surface area contributed by atoms with E-state index in [-0.39, 0.29) is 18.1 Å². The summed E-state index contributed by atoms with van der Waals surface area (Å²) < 4.78 is 0. The monoisotopic (exact) mass is 260 g/mol. The zero-order valence-electron chi connectivity index (χ0n) is 9.13. The number of carboxylic acids is 1. The average molecular weight is 260 g/mol. The van der Waals surface area contributed by atoms with E-state index in [9.17, 15) is 19.2 Å². The summed E-state index contributed by atoms with van der Waals surface area (Å²) in [6.07, 6.45) is 0. The van der Waals surface area contributed by atoms with Gasteiger partial charge in [0.15, 0.2) is 0 Å². The quantitative estimate of drug-likeness (QED) is 0.607. The third-order valence-electron chi connectivity index (χ3n) is 2.19. The molecule has 0 aromatic heterocycles. The van der Waals surface area contributed by atoms with Crippen molar-refractivity contribution in [1.82, 2.24) is 10.2 Å². The number of carbonyl (C=O) groups is 4. The number of thioether (sulfide) groups is 1. The SMILES string of the molecule is CC1C(=O)NC(=O)CN1C(=O)CSCC(=O)O. The number of hydrogen-bond donors (Lipinski definition) is 2. The van der Waals surface area contributed by atoms with Crippen LogP contribution in [-0.2, 0) is 19.2 Å². The number of carboxylic acid groups (broad SMARTS) is 1. The molecule has 0 bridgehead atoms. The molecule has 1 rings (SSSR count). The third kappa shape index (κ3) is 3.74. The van der Waals surface area contributed by atoms with Crippen molar-refractivity contribution < 1.29 is 24.3 Å². The highest BCUT2D eigenvalue weighted by Crippen LogP contribution is 2.09. The molecular weight excluding hydrogens is 248 g/mol. The van der Waals surface area contributed by atoms with E-state index in [2.05, 4.69) is 5.32 Å². The number of hydrogen-bond acceptors (Lipinski definition) is 5. The molecule has 0 saturated carbocycles. The lowest BCUT2D eigenvalue weighted by Gasteiger charge is -2.31. The molecule has 1 aliphatic rings. The first-order valence-corrected chi connectivity index (χ1v) is 6.00. The molecule has 1 saturated heterocycles. The Morgan fingerprint density at radius 3 is 2.71 bits per heavy atom. The molecule has 0 aliphatic carbocycles. The number of nitrogens with zero attached hydrogens (tertiary/aromatic N) is 1. The third-order valence-corrected chi connectivity index (χ3v) is 3.10. The summed E-state index contributed by atoms with van der Waals surface area (Å²) in [5.74, 6) is -2.71. The Bertz CT molecular complexity index is 370. The lowest BCUT2D eigenvalue weighted by molar-refractivity contribution is -0.148. The van der Waals surface area contributed by atoms with Gasteiger partial charge >= 0.3 is 5.97 Å². The Hall–Kier alpha value is -1.57. The minimum atomic E-state index is -1.01. The molecule has 2 N–H and O–H groups in total. The summed E-state index contributed by atoms with van der Waals surface area (Å²) >= 11 is 0.934. The molecule has 0 radical (unpaired) electrons. The van der Waals surface area contributed by atoms with Crippen molar-refractivity contribution in [2.75, 3.05) is 18.1 Å². The maximum atomic E-state index is 11.7. The van der Waals surface area contributed by atoms with Gasteiger partial charge in [-0.3, -0.25) is 24.5 Å². The van der Waals surface area contributed by atoms with E-state index in [0.29, 0.717) is 0 Å². The van der Waals surface area contributed by atoms with E-state index in [0.717, 1.165) is 16.7 Å². The zero-order valence-corrected chi connectivity index (χ0v) is 9.95. The predicted molar refractivity (Wildman–Crippen MR) is 59.3 cm³/mol. The maximum absolute atomic E-state index is 11.7. The first-order valence-electron chi connectivity index (χ1n) is 4.84. The van der Waals surface area contributed by atoms with Crippen LogP contribution in [0.25, 0.3) is 0 Å². The maximum Gasteiger partial charge on any atom is 0.313 e. The van der Waals surface area contributed by atoms with Gasteiger partial charge in [0, 0.05) is 0 Å². The standard InChI is InChI=1S/C9H12N2O5S/c1-5-9(16)10-6(12)2-11(5)7(13)3-17-4-8(14)15/h5H,2-4H2,1H3,(H,14,15)(H,10,12,16). The van der Waals surface area contributed by atoms with Crippen LogP contribution in [-0.4, -0.2) is 57.8 Å². The summed E-state index contributed by atoms with van der Waals surface area (Å²) in [6, 6.07) is -0.703. The van der Waals surface area contributed by atoms with Crippen LogP contribution in [0.1, 0.15) is 6.92 Å². The summed E-state index contributed by atoms with van der Waals surface area (Å²) in [6.45, 7) is 1.35. The van der Waals surface area contributed by atoms with Gasteiger partial charge < -0.3 is 10.0 Å². The highest BCUT2D eigenvalue weighted by molar-refractivity contribution is 8.00. The molecule has 17 heavy (non-hydrogen) atoms. The Balaban J connectivity index is 2.52. The van der Waals surface area contributed by atoms with Crippen molar-refractivity contribution in [2.24, 2.45) is 0 Å². The molecule has 0 aromatic carbocycles. The molecule has 0 aromatic rings. The van der Waals surface area contributed by atoms with Crippen LogP contribution in [0.5, 0.6) is 0 Å². The van der Waals surface area contributed by atoms with E-state index in [1.165, 1.54) is 6.92 Å². The van der Waals surface area contributed by atoms with Crippen LogP contribution in [0.3, 0.4) is 0 Å². The van der Waals surface area contributed by atoms with Crippen molar-refractivity contribution in [3.8, 4) is 0 Å². The van der Waals surface area contributed by atoms with Crippen LogP contribution < -0.4 is 5.32 Å². The van der Waals surface area contributed by atoms with Crippen LogP contribution in [0.4, 0.5) is 0 Å². The van der Waals surface area contributed by atoms with Gasteiger partial charge in [0.1, 0.15) is 12.6 Å². The van der Waals surface area contributed by atoms with Gasteiger partial charge in [-0.1, -0.05) is 0 Å². The summed E-state index contributed by atoms with van der Waals surface area (Å²) in [5, 5.41) is 10.5. The van der Waals surface area contributed by atoms with Gasteiger partial charge in [0.25, 0.3) is 0 Å². The molecule has 1 unspecified atom stereocenters. The lowest BCUT2D eigenvalue weighted by atomic mass is 10.2. The van der Waals surface area contributed by atoms with Gasteiger partial charge in [-0.2, -0.15) is 0 Å². The van der Waals surface area contributed by atoms with Gasteiger partial charge in [-0.05, 0) is 6.92 Å². The fraction of sp³-hybridized carbons (Fsp3) is 0.556. The highest BCUT2D eigenvalue weighted by Gasteiger charge is 2.33. The molecule has 0 spiro atoms. The minimum absolute atomic E-state index is 0.0583. The minimum Gasteiger partial charge on any atom is -0.481 e. The van der Waals surface area contributed by atoms with E-state index < -0.39 is 29.7 Å². The Labute approximate surface area is 102 Å². The van der Waals surface area contributed by atoms with E-state index >= 15 is 0 Å². The highest BCUT2D eigenvalue weighted by atomic mass is 32.2. The molecule has 1 aliphatic heterocycles. The van der Waals surface area contributed by atoms with Crippen molar-refractivity contribution in [1.29, 1.82) is 0 Å². The average Bonchev–Trinajstić information content (AvgIpc) is 2.22. The number of nitrogens with one attached hydrogen (secondary N) is 1. The van der Waals surface area contributed by atoms with Crippen molar-refractivity contribution >= 4 is 35.5 Å².